The normalized spacial score (nSPS) is 11.9. The second-order valence-electron chi connectivity index (χ2n) is 13.3. The van der Waals surface area contributed by atoms with E-state index < -0.39 is 35.5 Å². The summed E-state index contributed by atoms with van der Waals surface area (Å²) in [7, 11) is 0. The molecular formula is C43H56F2N4O9. The molecule has 0 fully saturated rings. The molecule has 0 aliphatic carbocycles. The van der Waals surface area contributed by atoms with Crippen LogP contribution < -0.4 is 22.3 Å². The molecule has 3 N–H and O–H groups in total. The zero-order valence-corrected chi connectivity index (χ0v) is 33.4. The van der Waals surface area contributed by atoms with Crippen molar-refractivity contribution in [3.8, 4) is 11.1 Å². The Morgan fingerprint density at radius 1 is 0.724 bits per heavy atom. The SMILES string of the molecule is CCOCCOCCOCCOCCOCCOCCNC(=O)CCc1cccc(-c2c(C)n(Cc3c(F)cccc3F)c(=O)n(C[C@H](N)c3ccccc3)c2=O)c1. The molecule has 1 amide bonds. The van der Waals surface area contributed by atoms with Crippen LogP contribution in [0.2, 0.25) is 0 Å². The minimum absolute atomic E-state index is 0.162. The minimum Gasteiger partial charge on any atom is -0.379 e. The molecule has 4 rings (SSSR count). The molecule has 0 radical (unpaired) electrons. The number of nitrogens with two attached hydrogens (primary N) is 1. The van der Waals surface area contributed by atoms with E-state index in [9.17, 15) is 23.2 Å². The molecule has 1 aromatic heterocycles. The van der Waals surface area contributed by atoms with Gasteiger partial charge in [-0.3, -0.25) is 18.7 Å². The van der Waals surface area contributed by atoms with Crippen LogP contribution >= 0.6 is 0 Å². The average molecular weight is 811 g/mol. The number of hydrogen-bond donors (Lipinski definition) is 2. The molecule has 0 spiro atoms. The van der Waals surface area contributed by atoms with E-state index in [0.29, 0.717) is 103 Å². The summed E-state index contributed by atoms with van der Waals surface area (Å²) in [6.07, 6.45) is 0.555. The summed E-state index contributed by atoms with van der Waals surface area (Å²) in [5.41, 5.74) is 7.24. The summed E-state index contributed by atoms with van der Waals surface area (Å²) in [6.45, 7) is 8.98. The Balaban J connectivity index is 1.24. The van der Waals surface area contributed by atoms with Crippen LogP contribution in [-0.2, 0) is 52.7 Å². The number of nitrogens with one attached hydrogen (secondary N) is 1. The summed E-state index contributed by atoms with van der Waals surface area (Å²) in [6, 6.07) is 18.9. The van der Waals surface area contributed by atoms with Crippen molar-refractivity contribution < 1.29 is 42.0 Å². The lowest BCUT2D eigenvalue weighted by atomic mass is 10.00. The van der Waals surface area contributed by atoms with E-state index in [1.807, 2.05) is 19.1 Å². The van der Waals surface area contributed by atoms with E-state index >= 15 is 0 Å². The molecule has 0 saturated heterocycles. The van der Waals surface area contributed by atoms with Crippen LogP contribution in [0.1, 0.15) is 41.8 Å². The molecule has 0 unspecified atom stereocenters. The van der Waals surface area contributed by atoms with Crippen molar-refractivity contribution in [3.63, 3.8) is 0 Å². The third-order valence-corrected chi connectivity index (χ3v) is 9.16. The molecule has 0 aliphatic rings. The first-order chi connectivity index (χ1) is 28.2. The zero-order valence-electron chi connectivity index (χ0n) is 33.4. The van der Waals surface area contributed by atoms with Gasteiger partial charge in [0.2, 0.25) is 5.91 Å². The number of ether oxygens (including phenoxy) is 6. The summed E-state index contributed by atoms with van der Waals surface area (Å²) in [5.74, 6) is -1.79. The van der Waals surface area contributed by atoms with E-state index in [1.54, 1.807) is 49.4 Å². The molecule has 13 nitrogen and oxygen atoms in total. The summed E-state index contributed by atoms with van der Waals surface area (Å²) in [5, 5.41) is 2.84. The molecule has 15 heteroatoms. The van der Waals surface area contributed by atoms with Gasteiger partial charge in [0.25, 0.3) is 5.56 Å². The highest BCUT2D eigenvalue weighted by Gasteiger charge is 2.22. The van der Waals surface area contributed by atoms with Gasteiger partial charge in [0.1, 0.15) is 11.6 Å². The van der Waals surface area contributed by atoms with Gasteiger partial charge in [0.15, 0.2) is 0 Å². The van der Waals surface area contributed by atoms with Crippen LogP contribution in [-0.4, -0.2) is 101 Å². The van der Waals surface area contributed by atoms with Crippen molar-refractivity contribution in [3.05, 3.63) is 128 Å². The Kier molecular flexibility index (Phi) is 20.4. The fraction of sp³-hybridized carbons (Fsp3) is 0.465. The minimum atomic E-state index is -0.810. The fourth-order valence-corrected chi connectivity index (χ4v) is 6.06. The zero-order chi connectivity index (χ0) is 41.5. The van der Waals surface area contributed by atoms with Crippen molar-refractivity contribution in [2.24, 2.45) is 5.73 Å². The van der Waals surface area contributed by atoms with Gasteiger partial charge >= 0.3 is 5.69 Å². The van der Waals surface area contributed by atoms with E-state index in [4.69, 9.17) is 34.2 Å². The second kappa shape index (κ2) is 25.7. The van der Waals surface area contributed by atoms with E-state index in [0.717, 1.165) is 22.3 Å². The van der Waals surface area contributed by atoms with Crippen molar-refractivity contribution >= 4 is 5.91 Å². The predicted octanol–water partition coefficient (Wildman–Crippen LogP) is 4.18. The van der Waals surface area contributed by atoms with Gasteiger partial charge in [-0.25, -0.2) is 13.6 Å². The Morgan fingerprint density at radius 3 is 1.86 bits per heavy atom. The number of carbonyl (C=O) groups is 1. The van der Waals surface area contributed by atoms with Crippen molar-refractivity contribution in [1.29, 1.82) is 0 Å². The molecule has 0 saturated carbocycles. The molecular weight excluding hydrogens is 754 g/mol. The van der Waals surface area contributed by atoms with Crippen LogP contribution in [0.25, 0.3) is 11.1 Å². The molecule has 316 valence electrons. The smallest absolute Gasteiger partial charge is 0.331 e. The lowest BCUT2D eigenvalue weighted by Gasteiger charge is -2.20. The van der Waals surface area contributed by atoms with Gasteiger partial charge in [-0.2, -0.15) is 0 Å². The maximum Gasteiger partial charge on any atom is 0.331 e. The van der Waals surface area contributed by atoms with Crippen LogP contribution in [0.3, 0.4) is 0 Å². The van der Waals surface area contributed by atoms with Gasteiger partial charge in [-0.15, -0.1) is 0 Å². The highest BCUT2D eigenvalue weighted by Crippen LogP contribution is 2.23. The number of nitrogens with zero attached hydrogens (tertiary/aromatic N) is 2. The average Bonchev–Trinajstić information content (AvgIpc) is 3.22. The Bertz CT molecular complexity index is 1940. The lowest BCUT2D eigenvalue weighted by molar-refractivity contribution is -0.121. The number of carbonyl (C=O) groups excluding carboxylic acids is 1. The van der Waals surface area contributed by atoms with E-state index in [-0.39, 0.29) is 35.7 Å². The van der Waals surface area contributed by atoms with Gasteiger partial charge in [0.05, 0.1) is 91.3 Å². The third-order valence-electron chi connectivity index (χ3n) is 9.16. The second-order valence-corrected chi connectivity index (χ2v) is 13.3. The van der Waals surface area contributed by atoms with E-state index in [1.165, 1.54) is 10.6 Å². The quantitative estimate of drug-likeness (QED) is 0.0800. The van der Waals surface area contributed by atoms with Crippen molar-refractivity contribution in [1.82, 2.24) is 14.5 Å². The fourth-order valence-electron chi connectivity index (χ4n) is 6.06. The lowest BCUT2D eigenvalue weighted by Crippen LogP contribution is -2.44. The highest BCUT2D eigenvalue weighted by molar-refractivity contribution is 5.76. The molecule has 3 aromatic carbocycles. The summed E-state index contributed by atoms with van der Waals surface area (Å²) >= 11 is 0. The number of hydrogen-bond acceptors (Lipinski definition) is 10. The number of rotatable bonds is 28. The first-order valence-electron chi connectivity index (χ1n) is 19.6. The molecule has 0 bridgehead atoms. The molecule has 1 atom stereocenters. The molecule has 58 heavy (non-hydrogen) atoms. The molecule has 0 aliphatic heterocycles. The number of benzene rings is 3. The number of aromatic nitrogens is 2. The van der Waals surface area contributed by atoms with Crippen LogP contribution in [0.15, 0.2) is 82.4 Å². The Morgan fingerprint density at radius 2 is 1.28 bits per heavy atom. The predicted molar refractivity (Wildman–Crippen MR) is 216 cm³/mol. The first kappa shape index (κ1) is 46.1. The first-order valence-corrected chi connectivity index (χ1v) is 19.6. The van der Waals surface area contributed by atoms with Crippen LogP contribution in [0, 0.1) is 18.6 Å². The van der Waals surface area contributed by atoms with Gasteiger partial charge in [-0.05, 0) is 49.1 Å². The molecule has 1 heterocycles. The van der Waals surface area contributed by atoms with Crippen molar-refractivity contribution in [2.75, 3.05) is 85.8 Å². The topological polar surface area (TPSA) is 155 Å². The number of aryl methyl sites for hydroxylation is 1. The van der Waals surface area contributed by atoms with Gasteiger partial charge in [-0.1, -0.05) is 60.7 Å². The maximum absolute atomic E-state index is 14.8. The summed E-state index contributed by atoms with van der Waals surface area (Å²) < 4.78 is 64.3. The summed E-state index contributed by atoms with van der Waals surface area (Å²) in [4.78, 5) is 40.6. The Labute approximate surface area is 338 Å². The van der Waals surface area contributed by atoms with Gasteiger partial charge < -0.3 is 39.5 Å². The van der Waals surface area contributed by atoms with Crippen LogP contribution in [0.4, 0.5) is 8.78 Å². The monoisotopic (exact) mass is 810 g/mol. The van der Waals surface area contributed by atoms with Crippen molar-refractivity contribution in [2.45, 2.75) is 45.8 Å². The van der Waals surface area contributed by atoms with Gasteiger partial charge in [0, 0.05) is 36.9 Å². The number of halogens is 2. The maximum atomic E-state index is 14.8. The third kappa shape index (κ3) is 15.0. The highest BCUT2D eigenvalue weighted by atomic mass is 19.1. The van der Waals surface area contributed by atoms with E-state index in [2.05, 4.69) is 5.32 Å². The molecule has 4 aromatic rings. The number of amides is 1. The Hall–Kier alpha value is -4.61. The standard InChI is InChI=1S/C43H56F2N4O9/c1-3-53-19-20-55-23-24-57-27-28-58-26-25-56-22-21-54-18-17-47-40(50)16-15-33-9-7-12-35(29-33)41-32(2)48(30-36-37(44)13-8-14-38(36)45)43(52)49(42(41)51)31-39(46)34-10-5-4-6-11-34/h4-14,29,39H,3,15-28,30-31,46H2,1-2H3,(H,47,50)/t39-/m0/s1. The largest absolute Gasteiger partial charge is 0.379 e. The van der Waals surface area contributed by atoms with Crippen LogP contribution in [0.5, 0.6) is 0 Å².